The van der Waals surface area contributed by atoms with Gasteiger partial charge in [0.15, 0.2) is 0 Å². The van der Waals surface area contributed by atoms with Crippen LogP contribution >= 0.6 is 0 Å². The van der Waals surface area contributed by atoms with Crippen LogP contribution in [0, 0.1) is 13.8 Å². The number of nitrogens with one attached hydrogen (secondary N) is 1. The Hall–Kier alpha value is -2.36. The second-order valence-electron chi connectivity index (χ2n) is 5.86. The van der Waals surface area contributed by atoms with Crippen molar-refractivity contribution in [1.82, 2.24) is 10.3 Å². The molecular weight excluding hydrogens is 288 g/mol. The van der Waals surface area contributed by atoms with Crippen molar-refractivity contribution in [1.29, 1.82) is 0 Å². The lowest BCUT2D eigenvalue weighted by Crippen LogP contribution is -2.37. The first-order valence-electron chi connectivity index (χ1n) is 7.93. The third kappa shape index (κ3) is 5.40. The van der Waals surface area contributed by atoms with Crippen LogP contribution < -0.4 is 10.1 Å². The molecular formula is C19H24N2O2. The van der Waals surface area contributed by atoms with Crippen molar-refractivity contribution < 1.29 is 9.53 Å². The number of carbonyl (C=O) groups excluding carboxylic acids is 1. The Balaban J connectivity index is 1.76. The molecule has 0 aliphatic heterocycles. The lowest BCUT2D eigenvalue weighted by molar-refractivity contribution is -0.121. The highest BCUT2D eigenvalue weighted by atomic mass is 16.5. The van der Waals surface area contributed by atoms with Crippen LogP contribution in [0.4, 0.5) is 0 Å². The number of aromatic nitrogens is 1. The molecule has 1 unspecified atom stereocenters. The number of hydrogen-bond donors (Lipinski definition) is 1. The maximum atomic E-state index is 12.0. The fraction of sp³-hybridized carbons (Fsp3) is 0.368. The molecule has 1 aromatic carbocycles. The zero-order valence-electron chi connectivity index (χ0n) is 14.0. The van der Waals surface area contributed by atoms with Gasteiger partial charge in [-0.2, -0.15) is 0 Å². The highest BCUT2D eigenvalue weighted by Crippen LogP contribution is 2.22. The van der Waals surface area contributed by atoms with E-state index < -0.39 is 0 Å². The van der Waals surface area contributed by atoms with E-state index in [1.165, 1.54) is 0 Å². The maximum Gasteiger partial charge on any atom is 0.220 e. The first kappa shape index (κ1) is 17.0. The summed E-state index contributed by atoms with van der Waals surface area (Å²) in [6, 6.07) is 9.91. The summed E-state index contributed by atoms with van der Waals surface area (Å²) < 4.78 is 5.87. The number of carbonyl (C=O) groups is 1. The van der Waals surface area contributed by atoms with E-state index in [-0.39, 0.29) is 11.9 Å². The normalized spacial score (nSPS) is 11.8. The Labute approximate surface area is 137 Å². The monoisotopic (exact) mass is 312 g/mol. The lowest BCUT2D eigenvalue weighted by Gasteiger charge is -2.17. The molecule has 0 spiro atoms. The molecule has 1 heterocycles. The number of rotatable bonds is 7. The van der Waals surface area contributed by atoms with Gasteiger partial charge in [-0.1, -0.05) is 18.2 Å². The van der Waals surface area contributed by atoms with Crippen molar-refractivity contribution in [2.45, 2.75) is 39.7 Å². The summed E-state index contributed by atoms with van der Waals surface area (Å²) >= 11 is 0. The van der Waals surface area contributed by atoms with Crippen molar-refractivity contribution in [3.63, 3.8) is 0 Å². The van der Waals surface area contributed by atoms with Crippen LogP contribution in [0.5, 0.6) is 5.75 Å². The van der Waals surface area contributed by atoms with Gasteiger partial charge in [-0.05, 0) is 56.0 Å². The van der Waals surface area contributed by atoms with Crippen molar-refractivity contribution in [3.8, 4) is 5.75 Å². The Kier molecular flexibility index (Phi) is 6.15. The molecule has 0 radical (unpaired) electrons. The van der Waals surface area contributed by atoms with E-state index in [2.05, 4.69) is 10.3 Å². The second-order valence-corrected chi connectivity index (χ2v) is 5.86. The van der Waals surface area contributed by atoms with E-state index >= 15 is 0 Å². The smallest absolute Gasteiger partial charge is 0.220 e. The number of para-hydroxylation sites is 1. The van der Waals surface area contributed by atoms with Crippen LogP contribution in [0.15, 0.2) is 42.7 Å². The van der Waals surface area contributed by atoms with Gasteiger partial charge in [-0.15, -0.1) is 0 Å². The van der Waals surface area contributed by atoms with E-state index in [1.54, 1.807) is 12.4 Å². The van der Waals surface area contributed by atoms with Gasteiger partial charge in [-0.3, -0.25) is 9.78 Å². The molecule has 0 aliphatic carbocycles. The number of hydrogen-bond acceptors (Lipinski definition) is 3. The Morgan fingerprint density at radius 3 is 2.48 bits per heavy atom. The number of amides is 1. The summed E-state index contributed by atoms with van der Waals surface area (Å²) in [6.45, 7) is 6.48. The van der Waals surface area contributed by atoms with E-state index in [0.717, 1.165) is 28.9 Å². The molecule has 2 aromatic rings. The molecule has 4 nitrogen and oxygen atoms in total. The SMILES string of the molecule is Cc1cccc(C)c1OCC(C)NC(=O)CCc1ccncc1. The standard InChI is InChI=1S/C19H24N2O2/c1-14-5-4-6-15(2)19(14)23-13-16(3)21-18(22)8-7-17-9-11-20-12-10-17/h4-6,9-12,16H,7-8,13H2,1-3H3,(H,21,22). The summed E-state index contributed by atoms with van der Waals surface area (Å²) in [4.78, 5) is 16.0. The minimum atomic E-state index is -0.0288. The van der Waals surface area contributed by atoms with Crippen LogP contribution in [0.1, 0.15) is 30.0 Å². The number of benzene rings is 1. The molecule has 0 bridgehead atoms. The van der Waals surface area contributed by atoms with Gasteiger partial charge in [0.25, 0.3) is 0 Å². The quantitative estimate of drug-likeness (QED) is 0.854. The minimum Gasteiger partial charge on any atom is -0.491 e. The summed E-state index contributed by atoms with van der Waals surface area (Å²) in [7, 11) is 0. The highest BCUT2D eigenvalue weighted by molar-refractivity contribution is 5.76. The molecule has 2 rings (SSSR count). The van der Waals surface area contributed by atoms with Crippen LogP contribution in [-0.4, -0.2) is 23.5 Å². The number of nitrogens with zero attached hydrogens (tertiary/aromatic N) is 1. The predicted molar refractivity (Wildman–Crippen MR) is 91.6 cm³/mol. The third-order valence-corrected chi connectivity index (χ3v) is 3.68. The maximum absolute atomic E-state index is 12.0. The molecule has 0 fully saturated rings. The fourth-order valence-corrected chi connectivity index (χ4v) is 2.43. The van der Waals surface area contributed by atoms with Crippen LogP contribution in [0.2, 0.25) is 0 Å². The molecule has 0 saturated heterocycles. The van der Waals surface area contributed by atoms with Crippen molar-refractivity contribution in [2.75, 3.05) is 6.61 Å². The van der Waals surface area contributed by atoms with Crippen LogP contribution in [0.3, 0.4) is 0 Å². The van der Waals surface area contributed by atoms with E-state index in [9.17, 15) is 4.79 Å². The molecule has 1 amide bonds. The topological polar surface area (TPSA) is 51.2 Å². The number of pyridine rings is 1. The fourth-order valence-electron chi connectivity index (χ4n) is 2.43. The van der Waals surface area contributed by atoms with E-state index in [0.29, 0.717) is 13.0 Å². The minimum absolute atomic E-state index is 0.0288. The molecule has 1 atom stereocenters. The van der Waals surface area contributed by atoms with Crippen LogP contribution in [0.25, 0.3) is 0 Å². The Bertz CT molecular complexity index is 621. The van der Waals surface area contributed by atoms with Gasteiger partial charge in [-0.25, -0.2) is 0 Å². The molecule has 1 N–H and O–H groups in total. The van der Waals surface area contributed by atoms with Crippen molar-refractivity contribution >= 4 is 5.91 Å². The van der Waals surface area contributed by atoms with Gasteiger partial charge in [0.1, 0.15) is 12.4 Å². The first-order chi connectivity index (χ1) is 11.1. The van der Waals surface area contributed by atoms with E-state index in [1.807, 2.05) is 51.1 Å². The summed E-state index contributed by atoms with van der Waals surface area (Å²) in [5, 5.41) is 2.98. The van der Waals surface area contributed by atoms with Gasteiger partial charge < -0.3 is 10.1 Å². The largest absolute Gasteiger partial charge is 0.491 e. The average Bonchev–Trinajstić information content (AvgIpc) is 2.53. The molecule has 23 heavy (non-hydrogen) atoms. The zero-order valence-corrected chi connectivity index (χ0v) is 14.0. The van der Waals surface area contributed by atoms with Crippen molar-refractivity contribution in [3.05, 3.63) is 59.4 Å². The predicted octanol–water partition coefficient (Wildman–Crippen LogP) is 3.21. The zero-order chi connectivity index (χ0) is 16.7. The molecule has 0 saturated carbocycles. The van der Waals surface area contributed by atoms with Gasteiger partial charge in [0.05, 0.1) is 6.04 Å². The first-order valence-corrected chi connectivity index (χ1v) is 7.93. The molecule has 4 heteroatoms. The number of aryl methyl sites for hydroxylation is 3. The van der Waals surface area contributed by atoms with Gasteiger partial charge in [0, 0.05) is 18.8 Å². The third-order valence-electron chi connectivity index (χ3n) is 3.68. The van der Waals surface area contributed by atoms with Crippen molar-refractivity contribution in [2.24, 2.45) is 0 Å². The van der Waals surface area contributed by atoms with Crippen LogP contribution in [-0.2, 0) is 11.2 Å². The Morgan fingerprint density at radius 2 is 1.83 bits per heavy atom. The highest BCUT2D eigenvalue weighted by Gasteiger charge is 2.10. The average molecular weight is 312 g/mol. The summed E-state index contributed by atoms with van der Waals surface area (Å²) in [6.07, 6.45) is 4.68. The summed E-state index contributed by atoms with van der Waals surface area (Å²) in [5.41, 5.74) is 3.34. The second kappa shape index (κ2) is 8.32. The molecule has 0 aliphatic rings. The molecule has 122 valence electrons. The molecule has 1 aromatic heterocycles. The van der Waals surface area contributed by atoms with E-state index in [4.69, 9.17) is 4.74 Å². The number of ether oxygens (including phenoxy) is 1. The Morgan fingerprint density at radius 1 is 1.17 bits per heavy atom. The summed E-state index contributed by atoms with van der Waals surface area (Å²) in [5.74, 6) is 0.949. The van der Waals surface area contributed by atoms with Gasteiger partial charge in [0.2, 0.25) is 5.91 Å². The van der Waals surface area contributed by atoms with Gasteiger partial charge >= 0.3 is 0 Å². The lowest BCUT2D eigenvalue weighted by atomic mass is 10.1.